The molecule has 0 aliphatic carbocycles. The predicted molar refractivity (Wildman–Crippen MR) is 104 cm³/mol. The zero-order valence-electron chi connectivity index (χ0n) is 15.2. The Hall–Kier alpha value is -4.06. The second-order valence-corrected chi connectivity index (χ2v) is 5.69. The van der Waals surface area contributed by atoms with Crippen molar-refractivity contribution in [1.82, 2.24) is 9.97 Å². The molecule has 3 aromatic rings. The summed E-state index contributed by atoms with van der Waals surface area (Å²) in [5.74, 6) is -2.12. The van der Waals surface area contributed by atoms with Gasteiger partial charge in [0, 0.05) is 5.56 Å². The minimum Gasteiger partial charge on any atom is -0.493 e. The molecule has 0 amide bonds. The number of rotatable bonds is 6. The van der Waals surface area contributed by atoms with Crippen LogP contribution in [0, 0.1) is 23.0 Å². The van der Waals surface area contributed by atoms with Crippen molar-refractivity contribution < 1.29 is 13.5 Å². The SMILES string of the molecule is CCOc1ccc(F)c(F)c1C=NNc1nc(-c2ccccc2)c(C#N)c(=O)[nH]1. The van der Waals surface area contributed by atoms with Crippen molar-refractivity contribution in [1.29, 1.82) is 5.26 Å². The Balaban J connectivity index is 1.95. The van der Waals surface area contributed by atoms with E-state index in [1.54, 1.807) is 37.3 Å². The second-order valence-electron chi connectivity index (χ2n) is 5.69. The second kappa shape index (κ2) is 8.75. The molecule has 0 aliphatic heterocycles. The standard InChI is InChI=1S/C20H15F2N5O2/c1-2-29-16-9-8-15(21)17(22)14(16)11-24-27-20-25-18(12-6-4-3-5-7-12)13(10-23)19(28)26-20/h3-9,11H,2H2,1H3,(H2,25,26,27,28). The Kier molecular flexibility index (Phi) is 5.94. The van der Waals surface area contributed by atoms with Gasteiger partial charge in [0.25, 0.3) is 5.56 Å². The van der Waals surface area contributed by atoms with Gasteiger partial charge in [0.05, 0.1) is 24.1 Å². The molecule has 0 aliphatic rings. The molecular weight excluding hydrogens is 380 g/mol. The molecule has 3 rings (SSSR count). The van der Waals surface area contributed by atoms with Crippen molar-refractivity contribution in [3.63, 3.8) is 0 Å². The zero-order chi connectivity index (χ0) is 20.8. The predicted octanol–water partition coefficient (Wildman–Crippen LogP) is 3.43. The van der Waals surface area contributed by atoms with Gasteiger partial charge in [-0.25, -0.2) is 19.2 Å². The summed E-state index contributed by atoms with van der Waals surface area (Å²) in [5, 5.41) is 13.1. The summed E-state index contributed by atoms with van der Waals surface area (Å²) in [6.45, 7) is 1.96. The fraction of sp³-hybridized carbons (Fsp3) is 0.100. The third kappa shape index (κ3) is 4.27. The van der Waals surface area contributed by atoms with Crippen molar-refractivity contribution in [2.24, 2.45) is 5.10 Å². The van der Waals surface area contributed by atoms with Crippen LogP contribution >= 0.6 is 0 Å². The van der Waals surface area contributed by atoms with Crippen LogP contribution in [-0.2, 0) is 0 Å². The van der Waals surface area contributed by atoms with Crippen LogP contribution in [-0.4, -0.2) is 22.8 Å². The average molecular weight is 395 g/mol. The number of hydrazone groups is 1. The Bertz CT molecular complexity index is 1150. The summed E-state index contributed by atoms with van der Waals surface area (Å²) in [6, 6.07) is 12.7. The number of anilines is 1. The van der Waals surface area contributed by atoms with Crippen LogP contribution in [0.3, 0.4) is 0 Å². The lowest BCUT2D eigenvalue weighted by atomic mass is 10.1. The van der Waals surface area contributed by atoms with Gasteiger partial charge in [0.2, 0.25) is 5.95 Å². The van der Waals surface area contributed by atoms with E-state index >= 15 is 0 Å². The molecule has 0 saturated carbocycles. The number of hydrogen-bond acceptors (Lipinski definition) is 6. The molecule has 0 unspecified atom stereocenters. The summed E-state index contributed by atoms with van der Waals surface area (Å²) < 4.78 is 32.9. The number of nitrogens with zero attached hydrogens (tertiary/aromatic N) is 3. The van der Waals surface area contributed by atoms with Crippen LogP contribution in [0.15, 0.2) is 52.4 Å². The van der Waals surface area contributed by atoms with Gasteiger partial charge in [0.1, 0.15) is 17.4 Å². The highest BCUT2D eigenvalue weighted by Crippen LogP contribution is 2.23. The monoisotopic (exact) mass is 395 g/mol. The number of hydrogen-bond donors (Lipinski definition) is 2. The maximum atomic E-state index is 14.1. The summed E-state index contributed by atoms with van der Waals surface area (Å²) in [6.07, 6.45) is 1.02. The molecule has 7 nitrogen and oxygen atoms in total. The molecule has 0 bridgehead atoms. The maximum Gasteiger partial charge on any atom is 0.270 e. The number of nitrogens with one attached hydrogen (secondary N) is 2. The van der Waals surface area contributed by atoms with Crippen LogP contribution < -0.4 is 15.7 Å². The first-order valence-electron chi connectivity index (χ1n) is 8.54. The lowest BCUT2D eigenvalue weighted by Gasteiger charge is -2.08. The number of aromatic nitrogens is 2. The van der Waals surface area contributed by atoms with Crippen LogP contribution in [0.1, 0.15) is 18.1 Å². The van der Waals surface area contributed by atoms with E-state index < -0.39 is 17.2 Å². The Morgan fingerprint density at radius 3 is 2.72 bits per heavy atom. The Labute approximate surface area is 164 Å². The van der Waals surface area contributed by atoms with Crippen molar-refractivity contribution in [3.8, 4) is 23.1 Å². The molecule has 0 fully saturated rings. The molecule has 2 aromatic carbocycles. The molecule has 9 heteroatoms. The third-order valence-electron chi connectivity index (χ3n) is 3.84. The van der Waals surface area contributed by atoms with Crippen LogP contribution in [0.2, 0.25) is 0 Å². The lowest BCUT2D eigenvalue weighted by molar-refractivity contribution is 0.335. The van der Waals surface area contributed by atoms with E-state index in [2.05, 4.69) is 20.5 Å². The van der Waals surface area contributed by atoms with Gasteiger partial charge in [-0.3, -0.25) is 9.78 Å². The highest BCUT2D eigenvalue weighted by atomic mass is 19.2. The van der Waals surface area contributed by atoms with Gasteiger partial charge < -0.3 is 4.74 Å². The molecule has 0 atom stereocenters. The normalized spacial score (nSPS) is 10.7. The summed E-state index contributed by atoms with van der Waals surface area (Å²) in [7, 11) is 0. The van der Waals surface area contributed by atoms with E-state index in [1.807, 2.05) is 6.07 Å². The maximum absolute atomic E-state index is 14.1. The topological polar surface area (TPSA) is 103 Å². The molecule has 1 aromatic heterocycles. The van der Waals surface area contributed by atoms with Gasteiger partial charge in [-0.15, -0.1) is 0 Å². The van der Waals surface area contributed by atoms with Crippen molar-refractivity contribution >= 4 is 12.2 Å². The van der Waals surface area contributed by atoms with Crippen LogP contribution in [0.5, 0.6) is 5.75 Å². The molecule has 0 radical (unpaired) electrons. The summed E-state index contributed by atoms with van der Waals surface area (Å²) >= 11 is 0. The Morgan fingerprint density at radius 1 is 1.28 bits per heavy atom. The molecule has 0 spiro atoms. The quantitative estimate of drug-likeness (QED) is 0.492. The van der Waals surface area contributed by atoms with Gasteiger partial charge in [-0.2, -0.15) is 10.4 Å². The minimum absolute atomic E-state index is 0.0705. The number of halogens is 2. The number of aromatic amines is 1. The van der Waals surface area contributed by atoms with E-state index in [9.17, 15) is 18.8 Å². The lowest BCUT2D eigenvalue weighted by Crippen LogP contribution is -2.16. The van der Waals surface area contributed by atoms with Gasteiger partial charge in [-0.05, 0) is 19.1 Å². The fourth-order valence-electron chi connectivity index (χ4n) is 2.54. The first kappa shape index (κ1) is 19.7. The number of benzene rings is 2. The van der Waals surface area contributed by atoms with Crippen molar-refractivity contribution in [2.45, 2.75) is 6.92 Å². The highest BCUT2D eigenvalue weighted by Gasteiger charge is 2.14. The largest absolute Gasteiger partial charge is 0.493 e. The van der Waals surface area contributed by atoms with Crippen molar-refractivity contribution in [2.75, 3.05) is 12.0 Å². The average Bonchev–Trinajstić information content (AvgIpc) is 2.73. The van der Waals surface area contributed by atoms with Crippen LogP contribution in [0.25, 0.3) is 11.3 Å². The van der Waals surface area contributed by atoms with E-state index in [0.29, 0.717) is 5.56 Å². The van der Waals surface area contributed by atoms with E-state index in [1.165, 1.54) is 6.07 Å². The minimum atomic E-state index is -1.12. The zero-order valence-corrected chi connectivity index (χ0v) is 15.2. The van der Waals surface area contributed by atoms with Gasteiger partial charge in [-0.1, -0.05) is 30.3 Å². The van der Waals surface area contributed by atoms with Gasteiger partial charge >= 0.3 is 0 Å². The molecule has 146 valence electrons. The van der Waals surface area contributed by atoms with Crippen LogP contribution in [0.4, 0.5) is 14.7 Å². The van der Waals surface area contributed by atoms with Gasteiger partial charge in [0.15, 0.2) is 11.6 Å². The molecule has 1 heterocycles. The summed E-state index contributed by atoms with van der Waals surface area (Å²) in [4.78, 5) is 18.8. The summed E-state index contributed by atoms with van der Waals surface area (Å²) in [5.41, 5.74) is 2.19. The van der Waals surface area contributed by atoms with E-state index in [4.69, 9.17) is 4.74 Å². The number of nitriles is 1. The van der Waals surface area contributed by atoms with E-state index in [0.717, 1.165) is 12.3 Å². The fourth-order valence-corrected chi connectivity index (χ4v) is 2.54. The van der Waals surface area contributed by atoms with E-state index in [-0.39, 0.29) is 35.1 Å². The smallest absolute Gasteiger partial charge is 0.270 e. The first-order chi connectivity index (χ1) is 14.0. The third-order valence-corrected chi connectivity index (χ3v) is 3.84. The molecular formula is C20H15F2N5O2. The molecule has 0 saturated heterocycles. The molecule has 2 N–H and O–H groups in total. The Morgan fingerprint density at radius 2 is 2.03 bits per heavy atom. The number of H-pyrrole nitrogens is 1. The highest BCUT2D eigenvalue weighted by molar-refractivity contribution is 5.84. The molecule has 29 heavy (non-hydrogen) atoms. The van der Waals surface area contributed by atoms with Crippen molar-refractivity contribution in [3.05, 3.63) is 75.6 Å². The number of ether oxygens (including phenoxy) is 1. The first-order valence-corrected chi connectivity index (χ1v) is 8.54.